The van der Waals surface area contributed by atoms with Crippen molar-refractivity contribution in [1.82, 2.24) is 0 Å². The lowest BCUT2D eigenvalue weighted by Gasteiger charge is -1.91. The molecule has 3 heteroatoms. The first-order chi connectivity index (χ1) is 4.81. The van der Waals surface area contributed by atoms with Crippen molar-refractivity contribution in [3.8, 4) is 0 Å². The molecule has 0 fully saturated rings. The van der Waals surface area contributed by atoms with Gasteiger partial charge in [-0.05, 0) is 0 Å². The van der Waals surface area contributed by atoms with Crippen LogP contribution in [0.3, 0.4) is 0 Å². The third kappa shape index (κ3) is 5.31. The van der Waals surface area contributed by atoms with Crippen LogP contribution in [-0.2, 0) is 14.3 Å². The minimum atomic E-state index is -0.229. The number of rotatable bonds is 4. The molecule has 0 atom stereocenters. The van der Waals surface area contributed by atoms with E-state index in [0.717, 1.165) is 0 Å². The van der Waals surface area contributed by atoms with Crippen LogP contribution in [0.25, 0.3) is 0 Å². The van der Waals surface area contributed by atoms with Crippen molar-refractivity contribution in [3.05, 3.63) is 12.2 Å². The number of hydrogen-bond donors (Lipinski definition) is 0. The van der Waals surface area contributed by atoms with Crippen LogP contribution in [-0.4, -0.2) is 26.8 Å². The second-order valence-corrected chi connectivity index (χ2v) is 1.71. The van der Waals surface area contributed by atoms with E-state index in [1.54, 1.807) is 19.3 Å². The molecule has 0 amide bonds. The fraction of sp³-hybridized carbons (Fsp3) is 0.571. The van der Waals surface area contributed by atoms with Crippen LogP contribution >= 0.6 is 0 Å². The molecule has 0 aliphatic carbocycles. The predicted octanol–water partition coefficient (Wildman–Crippen LogP) is 0.752. The van der Waals surface area contributed by atoms with E-state index >= 15 is 0 Å². The highest BCUT2D eigenvalue weighted by molar-refractivity contribution is 5.70. The van der Waals surface area contributed by atoms with Gasteiger partial charge in [0.15, 0.2) is 0 Å². The van der Waals surface area contributed by atoms with Crippen LogP contribution in [0.4, 0.5) is 0 Å². The lowest BCUT2D eigenvalue weighted by Crippen LogP contribution is -1.97. The average molecular weight is 144 g/mol. The zero-order valence-electron chi connectivity index (χ0n) is 6.29. The molecule has 0 spiro atoms. The topological polar surface area (TPSA) is 35.5 Å². The maximum absolute atomic E-state index is 10.5. The fourth-order valence-electron chi connectivity index (χ4n) is 0.427. The zero-order valence-corrected chi connectivity index (χ0v) is 6.29. The standard InChI is InChI=1S/C7H12O3/c1-9-6-4-3-5-7(8)10-2/h3-4H,5-6H2,1-2H3/b4-3-. The van der Waals surface area contributed by atoms with Gasteiger partial charge >= 0.3 is 5.97 Å². The third-order valence-corrected chi connectivity index (χ3v) is 0.942. The van der Waals surface area contributed by atoms with Crippen molar-refractivity contribution < 1.29 is 14.3 Å². The highest BCUT2D eigenvalue weighted by Gasteiger charge is 1.92. The summed E-state index contributed by atoms with van der Waals surface area (Å²) in [6.07, 6.45) is 3.81. The second kappa shape index (κ2) is 6.29. The molecule has 0 aliphatic heterocycles. The number of ether oxygens (including phenoxy) is 2. The molecule has 0 aromatic rings. The number of carbonyl (C=O) groups excluding carboxylic acids is 1. The quantitative estimate of drug-likeness (QED) is 0.431. The van der Waals surface area contributed by atoms with Gasteiger partial charge in [0.1, 0.15) is 0 Å². The summed E-state index contributed by atoms with van der Waals surface area (Å²) in [4.78, 5) is 10.5. The molecule has 3 nitrogen and oxygen atoms in total. The minimum Gasteiger partial charge on any atom is -0.469 e. The van der Waals surface area contributed by atoms with Gasteiger partial charge in [0.25, 0.3) is 0 Å². The van der Waals surface area contributed by atoms with Crippen molar-refractivity contribution in [2.24, 2.45) is 0 Å². The largest absolute Gasteiger partial charge is 0.469 e. The SMILES string of the molecule is COC/C=C\CC(=O)OC. The monoisotopic (exact) mass is 144 g/mol. The summed E-state index contributed by atoms with van der Waals surface area (Å²) in [6, 6.07) is 0. The van der Waals surface area contributed by atoms with E-state index in [0.29, 0.717) is 13.0 Å². The molecule has 0 saturated carbocycles. The van der Waals surface area contributed by atoms with Gasteiger partial charge in [-0.1, -0.05) is 12.2 Å². The first kappa shape index (κ1) is 9.17. The van der Waals surface area contributed by atoms with Crippen molar-refractivity contribution in [2.45, 2.75) is 6.42 Å². The van der Waals surface area contributed by atoms with Gasteiger partial charge in [0, 0.05) is 7.11 Å². The highest BCUT2D eigenvalue weighted by atomic mass is 16.5. The predicted molar refractivity (Wildman–Crippen MR) is 37.6 cm³/mol. The first-order valence-corrected chi connectivity index (χ1v) is 3.02. The molecule has 0 radical (unpaired) electrons. The number of methoxy groups -OCH3 is 2. The molecule has 0 heterocycles. The Morgan fingerprint density at radius 1 is 1.40 bits per heavy atom. The summed E-state index contributed by atoms with van der Waals surface area (Å²) in [6.45, 7) is 0.539. The van der Waals surface area contributed by atoms with E-state index in [9.17, 15) is 4.79 Å². The Balaban J connectivity index is 3.25. The Labute approximate surface area is 60.6 Å². The highest BCUT2D eigenvalue weighted by Crippen LogP contribution is 1.85. The van der Waals surface area contributed by atoms with E-state index in [1.807, 2.05) is 0 Å². The van der Waals surface area contributed by atoms with Gasteiger partial charge in [-0.3, -0.25) is 4.79 Å². The number of carbonyl (C=O) groups is 1. The average Bonchev–Trinajstić information content (AvgIpc) is 1.98. The van der Waals surface area contributed by atoms with Gasteiger partial charge in [-0.15, -0.1) is 0 Å². The van der Waals surface area contributed by atoms with E-state index in [-0.39, 0.29) is 5.97 Å². The van der Waals surface area contributed by atoms with Gasteiger partial charge in [0.2, 0.25) is 0 Å². The van der Waals surface area contributed by atoms with Gasteiger partial charge in [-0.25, -0.2) is 0 Å². The van der Waals surface area contributed by atoms with E-state index in [2.05, 4.69) is 4.74 Å². The molecule has 0 aliphatic rings. The van der Waals surface area contributed by atoms with E-state index in [4.69, 9.17) is 4.74 Å². The lowest BCUT2D eigenvalue weighted by molar-refractivity contribution is -0.139. The van der Waals surface area contributed by atoms with Crippen LogP contribution in [0.5, 0.6) is 0 Å². The number of esters is 1. The van der Waals surface area contributed by atoms with Crippen molar-refractivity contribution >= 4 is 5.97 Å². The summed E-state index contributed by atoms with van der Waals surface area (Å²) in [5.41, 5.74) is 0. The summed E-state index contributed by atoms with van der Waals surface area (Å²) < 4.78 is 9.12. The molecule has 58 valence electrons. The molecule has 0 saturated heterocycles. The summed E-state index contributed by atoms with van der Waals surface area (Å²) in [7, 11) is 2.97. The molecule has 0 N–H and O–H groups in total. The van der Waals surface area contributed by atoms with Gasteiger partial charge < -0.3 is 9.47 Å². The molecular weight excluding hydrogens is 132 g/mol. The fourth-order valence-corrected chi connectivity index (χ4v) is 0.427. The van der Waals surface area contributed by atoms with Crippen LogP contribution < -0.4 is 0 Å². The molecule has 10 heavy (non-hydrogen) atoms. The van der Waals surface area contributed by atoms with Crippen LogP contribution in [0.15, 0.2) is 12.2 Å². The Morgan fingerprint density at radius 2 is 2.10 bits per heavy atom. The van der Waals surface area contributed by atoms with E-state index in [1.165, 1.54) is 7.11 Å². The molecule has 0 rings (SSSR count). The minimum absolute atomic E-state index is 0.229. The van der Waals surface area contributed by atoms with Crippen LogP contribution in [0.1, 0.15) is 6.42 Å². The maximum Gasteiger partial charge on any atom is 0.309 e. The molecule has 0 aromatic carbocycles. The smallest absolute Gasteiger partial charge is 0.309 e. The number of hydrogen-bond acceptors (Lipinski definition) is 3. The first-order valence-electron chi connectivity index (χ1n) is 3.02. The molecule has 0 aromatic heterocycles. The lowest BCUT2D eigenvalue weighted by atomic mass is 10.4. The van der Waals surface area contributed by atoms with Crippen molar-refractivity contribution in [3.63, 3.8) is 0 Å². The summed E-state index contributed by atoms with van der Waals surface area (Å²) in [5, 5.41) is 0. The van der Waals surface area contributed by atoms with Gasteiger partial charge in [-0.2, -0.15) is 0 Å². The Bertz CT molecular complexity index is 118. The normalized spacial score (nSPS) is 10.2. The molecule has 0 unspecified atom stereocenters. The zero-order chi connectivity index (χ0) is 7.82. The maximum atomic E-state index is 10.5. The van der Waals surface area contributed by atoms with Crippen LogP contribution in [0, 0.1) is 0 Å². The molecular formula is C7H12O3. The van der Waals surface area contributed by atoms with Crippen LogP contribution in [0.2, 0.25) is 0 Å². The Hall–Kier alpha value is -0.830. The van der Waals surface area contributed by atoms with E-state index < -0.39 is 0 Å². The summed E-state index contributed by atoms with van der Waals surface area (Å²) in [5.74, 6) is -0.229. The third-order valence-electron chi connectivity index (χ3n) is 0.942. The Morgan fingerprint density at radius 3 is 2.60 bits per heavy atom. The van der Waals surface area contributed by atoms with Crippen molar-refractivity contribution in [1.29, 1.82) is 0 Å². The molecule has 0 bridgehead atoms. The van der Waals surface area contributed by atoms with Crippen molar-refractivity contribution in [2.75, 3.05) is 20.8 Å². The Kier molecular flexibility index (Phi) is 5.77. The van der Waals surface area contributed by atoms with Gasteiger partial charge in [0.05, 0.1) is 20.1 Å². The summed E-state index contributed by atoms with van der Waals surface area (Å²) >= 11 is 0. The second-order valence-electron chi connectivity index (χ2n) is 1.71.